The van der Waals surface area contributed by atoms with E-state index in [0.29, 0.717) is 29.2 Å². The molecule has 0 aliphatic heterocycles. The van der Waals surface area contributed by atoms with E-state index in [1.165, 1.54) is 11.3 Å². The lowest BCUT2D eigenvalue weighted by molar-refractivity contribution is 0.402. The van der Waals surface area contributed by atoms with E-state index in [9.17, 15) is 8.42 Å². The first-order chi connectivity index (χ1) is 12.5. The third-order valence-corrected chi connectivity index (χ3v) is 6.93. The molecule has 1 aromatic heterocycles. The predicted octanol–water partition coefficient (Wildman–Crippen LogP) is 2.92. The molecule has 4 rings (SSSR count). The highest BCUT2D eigenvalue weighted by Gasteiger charge is 2.27. The Hall–Kier alpha value is -2.16. The Morgan fingerprint density at radius 2 is 2.12 bits per heavy atom. The molecule has 6 nitrogen and oxygen atoms in total. The van der Waals surface area contributed by atoms with Gasteiger partial charge in [0.25, 0.3) is 10.0 Å². The van der Waals surface area contributed by atoms with Gasteiger partial charge < -0.3 is 10.5 Å². The van der Waals surface area contributed by atoms with E-state index in [1.54, 1.807) is 36.9 Å². The van der Waals surface area contributed by atoms with Gasteiger partial charge in [-0.25, -0.2) is 13.4 Å². The van der Waals surface area contributed by atoms with E-state index < -0.39 is 10.0 Å². The lowest BCUT2D eigenvalue weighted by atomic mass is 9.88. The van der Waals surface area contributed by atoms with E-state index in [-0.39, 0.29) is 6.04 Å². The number of methoxy groups -OCH3 is 1. The van der Waals surface area contributed by atoms with Gasteiger partial charge in [0.15, 0.2) is 0 Å². The average molecular weight is 390 g/mol. The van der Waals surface area contributed by atoms with Gasteiger partial charge in [0, 0.05) is 11.6 Å². The Bertz CT molecular complexity index is 1080. The minimum Gasteiger partial charge on any atom is -0.496 e. The maximum Gasteiger partial charge on any atom is 0.262 e. The second kappa shape index (κ2) is 6.53. The van der Waals surface area contributed by atoms with E-state index in [1.807, 2.05) is 6.07 Å². The van der Waals surface area contributed by atoms with Crippen molar-refractivity contribution in [2.45, 2.75) is 30.2 Å². The summed E-state index contributed by atoms with van der Waals surface area (Å²) in [5.74, 6) is 0.695. The highest BCUT2D eigenvalue weighted by molar-refractivity contribution is 7.92. The van der Waals surface area contributed by atoms with Gasteiger partial charge in [0.2, 0.25) is 0 Å². The topological polar surface area (TPSA) is 94.3 Å². The highest BCUT2D eigenvalue weighted by Crippen LogP contribution is 2.35. The number of nitrogens with two attached hydrogens (primary N) is 1. The first-order valence-corrected chi connectivity index (χ1v) is 10.6. The molecule has 1 aliphatic rings. The molecule has 0 spiro atoms. The summed E-state index contributed by atoms with van der Waals surface area (Å²) in [4.78, 5) is 4.51. The summed E-state index contributed by atoms with van der Waals surface area (Å²) in [5, 5.41) is 0. The molecule has 0 fully saturated rings. The van der Waals surface area contributed by atoms with Crippen LogP contribution in [0.4, 0.5) is 5.69 Å². The van der Waals surface area contributed by atoms with Crippen LogP contribution in [0.15, 0.2) is 40.7 Å². The number of fused-ring (bicyclic) bond motifs is 2. The van der Waals surface area contributed by atoms with Crippen molar-refractivity contribution in [2.75, 3.05) is 11.8 Å². The lowest BCUT2D eigenvalue weighted by Crippen LogP contribution is -2.29. The fourth-order valence-corrected chi connectivity index (χ4v) is 5.47. The summed E-state index contributed by atoms with van der Waals surface area (Å²) in [6.45, 7) is 0. The number of hydrogen-bond donors (Lipinski definition) is 2. The van der Waals surface area contributed by atoms with Crippen LogP contribution in [-0.2, 0) is 22.9 Å². The Balaban J connectivity index is 1.74. The van der Waals surface area contributed by atoms with Crippen LogP contribution in [0.3, 0.4) is 0 Å². The Labute approximate surface area is 156 Å². The molecular formula is C18H19N3O3S2. The molecule has 8 heteroatoms. The average Bonchev–Trinajstić information content (AvgIpc) is 3.08. The molecule has 2 aromatic carbocycles. The molecule has 0 saturated carbocycles. The summed E-state index contributed by atoms with van der Waals surface area (Å²) >= 11 is 1.47. The number of nitrogens with zero attached hydrogens (tertiary/aromatic N) is 1. The number of thiazole rings is 1. The van der Waals surface area contributed by atoms with Crippen molar-refractivity contribution in [1.29, 1.82) is 0 Å². The zero-order valence-electron chi connectivity index (χ0n) is 14.2. The van der Waals surface area contributed by atoms with Gasteiger partial charge in [-0.1, -0.05) is 0 Å². The fourth-order valence-electron chi connectivity index (χ4n) is 3.41. The van der Waals surface area contributed by atoms with Crippen LogP contribution in [0.1, 0.15) is 17.5 Å². The summed E-state index contributed by atoms with van der Waals surface area (Å²) in [7, 11) is -2.12. The van der Waals surface area contributed by atoms with Gasteiger partial charge in [0.05, 0.1) is 33.4 Å². The molecule has 1 heterocycles. The van der Waals surface area contributed by atoms with Crippen molar-refractivity contribution in [2.24, 2.45) is 5.73 Å². The molecule has 3 aromatic rings. The minimum absolute atomic E-state index is 0.0241. The predicted molar refractivity (Wildman–Crippen MR) is 103 cm³/mol. The molecule has 3 N–H and O–H groups in total. The number of rotatable bonds is 4. The van der Waals surface area contributed by atoms with Crippen LogP contribution in [-0.4, -0.2) is 26.6 Å². The normalized spacial score (nSPS) is 17.1. The molecule has 1 unspecified atom stereocenters. The van der Waals surface area contributed by atoms with Crippen molar-refractivity contribution in [3.8, 4) is 5.75 Å². The molecule has 0 radical (unpaired) electrons. The lowest BCUT2D eigenvalue weighted by Gasteiger charge is -2.25. The number of benzene rings is 2. The molecule has 26 heavy (non-hydrogen) atoms. The van der Waals surface area contributed by atoms with Gasteiger partial charge in [-0.2, -0.15) is 0 Å². The third kappa shape index (κ3) is 3.04. The van der Waals surface area contributed by atoms with Crippen LogP contribution >= 0.6 is 11.3 Å². The first kappa shape index (κ1) is 17.3. The van der Waals surface area contributed by atoms with Crippen molar-refractivity contribution < 1.29 is 13.2 Å². The summed E-state index contributed by atoms with van der Waals surface area (Å²) in [6.07, 6.45) is 2.00. The van der Waals surface area contributed by atoms with Crippen LogP contribution in [0, 0.1) is 0 Å². The quantitative estimate of drug-likeness (QED) is 0.715. The molecular weight excluding hydrogens is 370 g/mol. The number of nitrogens with one attached hydrogen (secondary N) is 1. The molecule has 0 amide bonds. The summed E-state index contributed by atoms with van der Waals surface area (Å²) in [5.41, 5.74) is 10.9. The van der Waals surface area contributed by atoms with Gasteiger partial charge in [-0.05, 0) is 55.2 Å². The Morgan fingerprint density at radius 1 is 1.27 bits per heavy atom. The number of ether oxygens (including phenoxy) is 1. The maximum absolute atomic E-state index is 13.0. The molecule has 1 aliphatic carbocycles. The third-order valence-electron chi connectivity index (χ3n) is 4.67. The number of anilines is 1. The standard InChI is InChI=1S/C18H19N3O3S2/c1-24-16-6-7-18(13-4-2-11(19)8-14(13)16)26(22,23)21-12-3-5-15-17(9-12)25-10-20-15/h3,5-7,9-11,21H,2,4,8,19H2,1H3. The van der Waals surface area contributed by atoms with Gasteiger partial charge in [-0.3, -0.25) is 4.72 Å². The monoisotopic (exact) mass is 389 g/mol. The highest BCUT2D eigenvalue weighted by atomic mass is 32.2. The number of aromatic nitrogens is 1. The van der Waals surface area contributed by atoms with Crippen LogP contribution in [0.2, 0.25) is 0 Å². The number of sulfonamides is 1. The van der Waals surface area contributed by atoms with Crippen LogP contribution in [0.25, 0.3) is 10.2 Å². The Kier molecular flexibility index (Phi) is 4.34. The summed E-state index contributed by atoms with van der Waals surface area (Å²) in [6, 6.07) is 8.68. The van der Waals surface area contributed by atoms with Crippen molar-refractivity contribution in [3.63, 3.8) is 0 Å². The molecule has 136 valence electrons. The van der Waals surface area contributed by atoms with Gasteiger partial charge >= 0.3 is 0 Å². The van der Waals surface area contributed by atoms with Gasteiger partial charge in [-0.15, -0.1) is 11.3 Å². The minimum atomic E-state index is -3.71. The van der Waals surface area contributed by atoms with Crippen molar-refractivity contribution >= 4 is 37.3 Å². The van der Waals surface area contributed by atoms with E-state index >= 15 is 0 Å². The fraction of sp³-hybridized carbons (Fsp3) is 0.278. The van der Waals surface area contributed by atoms with E-state index in [0.717, 1.165) is 27.8 Å². The maximum atomic E-state index is 13.0. The first-order valence-electron chi connectivity index (χ1n) is 8.28. The number of hydrogen-bond acceptors (Lipinski definition) is 6. The Morgan fingerprint density at radius 3 is 2.92 bits per heavy atom. The van der Waals surface area contributed by atoms with E-state index in [4.69, 9.17) is 10.5 Å². The summed E-state index contributed by atoms with van der Waals surface area (Å²) < 4.78 is 35.1. The second-order valence-corrected chi connectivity index (χ2v) is 8.90. The van der Waals surface area contributed by atoms with Crippen LogP contribution in [0.5, 0.6) is 5.75 Å². The van der Waals surface area contributed by atoms with E-state index in [2.05, 4.69) is 9.71 Å². The zero-order valence-corrected chi connectivity index (χ0v) is 15.9. The molecule has 0 bridgehead atoms. The zero-order chi connectivity index (χ0) is 18.3. The largest absolute Gasteiger partial charge is 0.496 e. The van der Waals surface area contributed by atoms with Crippen molar-refractivity contribution in [1.82, 2.24) is 4.98 Å². The molecule has 1 atom stereocenters. The molecule has 0 saturated heterocycles. The van der Waals surface area contributed by atoms with Gasteiger partial charge in [0.1, 0.15) is 5.75 Å². The SMILES string of the molecule is COc1ccc(S(=O)(=O)Nc2ccc3ncsc3c2)c2c1CC(N)CC2. The van der Waals surface area contributed by atoms with Crippen molar-refractivity contribution in [3.05, 3.63) is 47.0 Å². The smallest absolute Gasteiger partial charge is 0.262 e. The second-order valence-electron chi connectivity index (χ2n) is 6.37. The van der Waals surface area contributed by atoms with Crippen LogP contribution < -0.4 is 15.2 Å².